The number of pyridine rings is 1. The van der Waals surface area contributed by atoms with Crippen molar-refractivity contribution >= 4 is 39.1 Å². The molecule has 1 aliphatic rings. The molecule has 1 N–H and O–H groups in total. The van der Waals surface area contributed by atoms with E-state index in [0.717, 1.165) is 39.8 Å². The molecule has 0 aliphatic carbocycles. The lowest BCUT2D eigenvalue weighted by Crippen LogP contribution is -2.57. The van der Waals surface area contributed by atoms with E-state index in [4.69, 9.17) is 0 Å². The Morgan fingerprint density at radius 3 is 2.61 bits per heavy atom. The fourth-order valence-electron chi connectivity index (χ4n) is 4.08. The number of hydrogen-bond donors (Lipinski definition) is 1. The van der Waals surface area contributed by atoms with Crippen LogP contribution in [0, 0.1) is 12.7 Å². The summed E-state index contributed by atoms with van der Waals surface area (Å²) < 4.78 is 16.8. The van der Waals surface area contributed by atoms with E-state index in [1.165, 1.54) is 17.5 Å². The number of nitrogens with one attached hydrogen (secondary N) is 1. The first-order valence-electron chi connectivity index (χ1n) is 11.0. The molecule has 1 aliphatic heterocycles. The van der Waals surface area contributed by atoms with Crippen molar-refractivity contribution in [2.45, 2.75) is 32.9 Å². The van der Waals surface area contributed by atoms with Crippen LogP contribution in [0.3, 0.4) is 0 Å². The maximum atomic E-state index is 14.6. The van der Waals surface area contributed by atoms with Crippen LogP contribution in [0.2, 0.25) is 0 Å². The molecule has 0 unspecified atom stereocenters. The largest absolute Gasteiger partial charge is 0.367 e. The van der Waals surface area contributed by atoms with Crippen LogP contribution in [-0.4, -0.2) is 62.6 Å². The number of thiophene rings is 1. The predicted octanol–water partition coefficient (Wildman–Crippen LogP) is 4.47. The molecule has 0 spiro atoms. The molecule has 0 radical (unpaired) electrons. The Labute approximate surface area is 196 Å². The van der Waals surface area contributed by atoms with Gasteiger partial charge in [0.05, 0.1) is 23.0 Å². The summed E-state index contributed by atoms with van der Waals surface area (Å²) in [5, 5.41) is 3.09. The van der Waals surface area contributed by atoms with Gasteiger partial charge in [-0.25, -0.2) is 24.3 Å². The molecule has 8 nitrogen and oxygen atoms in total. The smallest absolute Gasteiger partial charge is 0.229 e. The highest BCUT2D eigenvalue weighted by molar-refractivity contribution is 7.21. The summed E-state index contributed by atoms with van der Waals surface area (Å²) in [5.74, 6) is 1.40. The molecule has 0 bridgehead atoms. The van der Waals surface area contributed by atoms with Gasteiger partial charge >= 0.3 is 0 Å². The molecule has 10 heteroatoms. The monoisotopic (exact) mass is 466 g/mol. The molecule has 0 aromatic carbocycles. The highest BCUT2D eigenvalue weighted by Crippen LogP contribution is 2.36. The Kier molecular flexibility index (Phi) is 5.49. The quantitative estimate of drug-likeness (QED) is 0.449. The van der Waals surface area contributed by atoms with Crippen LogP contribution in [0.1, 0.15) is 25.7 Å². The highest BCUT2D eigenvalue weighted by atomic mass is 32.1. The standard InChI is InChI=1S/C23H27FN8S/c1-13(2)32-14(3)27-18-8-19(33-22(18)32)21-17(24)10-26-23(29-21)28-20-7-6-15(9-25-20)31-11-16(12-31)30(4)5/h6-10,13,16H,11-12H2,1-5H3,(H,25,26,28,29). The molecule has 0 atom stereocenters. The van der Waals surface area contributed by atoms with Gasteiger partial charge in [0.1, 0.15) is 27.7 Å². The molecule has 1 fully saturated rings. The Morgan fingerprint density at radius 2 is 1.94 bits per heavy atom. The van der Waals surface area contributed by atoms with Crippen LogP contribution >= 0.6 is 11.3 Å². The number of aromatic nitrogens is 5. The fraction of sp³-hybridized carbons (Fsp3) is 0.391. The van der Waals surface area contributed by atoms with Gasteiger partial charge in [0.15, 0.2) is 5.82 Å². The minimum Gasteiger partial charge on any atom is -0.367 e. The lowest BCUT2D eigenvalue weighted by molar-refractivity contribution is 0.247. The van der Waals surface area contributed by atoms with E-state index < -0.39 is 5.82 Å². The second-order valence-corrected chi connectivity index (χ2v) is 9.89. The lowest BCUT2D eigenvalue weighted by Gasteiger charge is -2.44. The Balaban J connectivity index is 1.36. The van der Waals surface area contributed by atoms with Crippen LogP contribution in [0.25, 0.3) is 20.9 Å². The second kappa shape index (κ2) is 8.35. The number of hydrogen-bond acceptors (Lipinski definition) is 8. The minimum atomic E-state index is -0.464. The van der Waals surface area contributed by atoms with E-state index in [1.807, 2.05) is 31.3 Å². The first-order chi connectivity index (χ1) is 15.8. The maximum absolute atomic E-state index is 14.6. The van der Waals surface area contributed by atoms with Gasteiger partial charge in [-0.2, -0.15) is 0 Å². The summed E-state index contributed by atoms with van der Waals surface area (Å²) in [5.41, 5.74) is 2.20. The summed E-state index contributed by atoms with van der Waals surface area (Å²) in [7, 11) is 4.20. The van der Waals surface area contributed by atoms with Gasteiger partial charge in [-0.05, 0) is 53.1 Å². The molecular formula is C23H27FN8S. The number of imidazole rings is 1. The normalized spacial score (nSPS) is 14.5. The van der Waals surface area contributed by atoms with Gasteiger partial charge in [-0.15, -0.1) is 11.3 Å². The van der Waals surface area contributed by atoms with Gasteiger partial charge in [0.25, 0.3) is 0 Å². The van der Waals surface area contributed by atoms with Crippen LogP contribution in [0.15, 0.2) is 30.6 Å². The zero-order valence-corrected chi connectivity index (χ0v) is 20.2. The van der Waals surface area contributed by atoms with Crippen LogP contribution < -0.4 is 10.2 Å². The number of rotatable bonds is 6. The molecule has 5 rings (SSSR count). The van der Waals surface area contributed by atoms with Gasteiger partial charge in [0, 0.05) is 25.2 Å². The Hall–Kier alpha value is -3.11. The zero-order valence-electron chi connectivity index (χ0n) is 19.4. The number of halogens is 1. The summed E-state index contributed by atoms with van der Waals surface area (Å²) in [6.45, 7) is 8.20. The third kappa shape index (κ3) is 4.04. The summed E-state index contributed by atoms with van der Waals surface area (Å²) >= 11 is 1.49. The van der Waals surface area contributed by atoms with Gasteiger partial charge in [-0.3, -0.25) is 0 Å². The van der Waals surface area contributed by atoms with Crippen molar-refractivity contribution in [1.29, 1.82) is 0 Å². The molecule has 1 saturated heterocycles. The van der Waals surface area contributed by atoms with Crippen molar-refractivity contribution in [3.63, 3.8) is 0 Å². The molecule has 4 aromatic heterocycles. The van der Waals surface area contributed by atoms with Gasteiger partial charge in [0.2, 0.25) is 5.95 Å². The SMILES string of the molecule is Cc1nc2cc(-c3nc(Nc4ccc(N5CC(N(C)C)C5)cn4)ncc3F)sc2n1C(C)C. The van der Waals surface area contributed by atoms with Crippen molar-refractivity contribution in [2.75, 3.05) is 37.4 Å². The van der Waals surface area contributed by atoms with Gasteiger partial charge in [-0.1, -0.05) is 0 Å². The van der Waals surface area contributed by atoms with E-state index in [9.17, 15) is 4.39 Å². The maximum Gasteiger partial charge on any atom is 0.229 e. The number of anilines is 3. The number of fused-ring (bicyclic) bond motifs is 1. The van der Waals surface area contributed by atoms with E-state index in [-0.39, 0.29) is 11.7 Å². The average Bonchev–Trinajstić information content (AvgIpc) is 3.25. The zero-order chi connectivity index (χ0) is 23.3. The fourth-order valence-corrected chi connectivity index (χ4v) is 5.35. The molecule has 5 heterocycles. The van der Waals surface area contributed by atoms with Gasteiger partial charge < -0.3 is 19.7 Å². The molecule has 4 aromatic rings. The summed E-state index contributed by atoms with van der Waals surface area (Å²) in [6.07, 6.45) is 3.03. The molecular weight excluding hydrogens is 439 g/mol. The molecule has 33 heavy (non-hydrogen) atoms. The number of nitrogens with zero attached hydrogens (tertiary/aromatic N) is 7. The lowest BCUT2D eigenvalue weighted by atomic mass is 10.1. The van der Waals surface area contributed by atoms with Crippen LogP contribution in [0.4, 0.5) is 21.8 Å². The third-order valence-electron chi connectivity index (χ3n) is 5.98. The molecule has 0 amide bonds. The molecule has 172 valence electrons. The Morgan fingerprint density at radius 1 is 1.15 bits per heavy atom. The molecule has 0 saturated carbocycles. The van der Waals surface area contributed by atoms with E-state index in [2.05, 4.69) is 67.6 Å². The first-order valence-corrected chi connectivity index (χ1v) is 11.8. The van der Waals surface area contributed by atoms with Crippen LogP contribution in [-0.2, 0) is 0 Å². The average molecular weight is 467 g/mol. The minimum absolute atomic E-state index is 0.260. The number of likely N-dealkylation sites (N-methyl/N-ethyl adjacent to an activating group) is 1. The number of aryl methyl sites for hydroxylation is 1. The van der Waals surface area contributed by atoms with Crippen molar-refractivity contribution in [2.24, 2.45) is 0 Å². The topological polar surface area (TPSA) is 75.0 Å². The second-order valence-electron chi connectivity index (χ2n) is 8.86. The van der Waals surface area contributed by atoms with Crippen molar-refractivity contribution in [3.05, 3.63) is 42.2 Å². The summed E-state index contributed by atoms with van der Waals surface area (Å²) in [4.78, 5) is 23.9. The van der Waals surface area contributed by atoms with Crippen molar-refractivity contribution < 1.29 is 4.39 Å². The van der Waals surface area contributed by atoms with E-state index in [0.29, 0.717) is 17.8 Å². The van der Waals surface area contributed by atoms with Crippen LogP contribution in [0.5, 0.6) is 0 Å². The predicted molar refractivity (Wildman–Crippen MR) is 131 cm³/mol. The highest BCUT2D eigenvalue weighted by Gasteiger charge is 2.28. The summed E-state index contributed by atoms with van der Waals surface area (Å²) in [6, 6.07) is 6.66. The van der Waals surface area contributed by atoms with E-state index in [1.54, 1.807) is 0 Å². The third-order valence-corrected chi connectivity index (χ3v) is 7.11. The first kappa shape index (κ1) is 21.7. The Bertz CT molecular complexity index is 1290. The van der Waals surface area contributed by atoms with Crippen molar-refractivity contribution in [3.8, 4) is 10.6 Å². The van der Waals surface area contributed by atoms with Crippen molar-refractivity contribution in [1.82, 2.24) is 29.4 Å². The van der Waals surface area contributed by atoms with E-state index >= 15 is 0 Å².